The predicted molar refractivity (Wildman–Crippen MR) is 68.8 cm³/mol. The van der Waals surface area contributed by atoms with Crippen LogP contribution in [0.15, 0.2) is 48.5 Å². The molecule has 0 fully saturated rings. The van der Waals surface area contributed by atoms with Crippen molar-refractivity contribution in [2.45, 2.75) is 13.1 Å². The first-order valence-corrected chi connectivity index (χ1v) is 5.66. The van der Waals surface area contributed by atoms with Crippen molar-refractivity contribution < 1.29 is 5.48 Å². The molecule has 0 heterocycles. The van der Waals surface area contributed by atoms with E-state index in [2.05, 4.69) is 0 Å². The van der Waals surface area contributed by atoms with Crippen LogP contribution in [0.25, 0.3) is 11.1 Å². The minimum Gasteiger partial charge on any atom is -0.636 e. The maximum absolute atomic E-state index is 10.8. The van der Waals surface area contributed by atoms with Crippen LogP contribution in [-0.2, 0) is 13.1 Å². The molecule has 0 spiro atoms. The van der Waals surface area contributed by atoms with Gasteiger partial charge in [-0.2, -0.15) is 0 Å². The average molecular weight is 228 g/mol. The summed E-state index contributed by atoms with van der Waals surface area (Å²) in [7, 11) is 0. The van der Waals surface area contributed by atoms with E-state index in [0.717, 1.165) is 27.7 Å². The zero-order chi connectivity index (χ0) is 12.1. The van der Waals surface area contributed by atoms with Gasteiger partial charge >= 0.3 is 0 Å². The van der Waals surface area contributed by atoms with Crippen molar-refractivity contribution in [2.75, 3.05) is 0 Å². The van der Waals surface area contributed by atoms with Gasteiger partial charge in [0.1, 0.15) is 6.54 Å². The van der Waals surface area contributed by atoms with Crippen molar-refractivity contribution >= 4 is 0 Å². The molecular formula is C14H16N2O. The quantitative estimate of drug-likeness (QED) is 0.776. The van der Waals surface area contributed by atoms with Crippen molar-refractivity contribution in [3.05, 3.63) is 64.9 Å². The molecule has 0 amide bonds. The van der Waals surface area contributed by atoms with Crippen LogP contribution in [0.5, 0.6) is 0 Å². The Morgan fingerprint density at radius 3 is 2.41 bits per heavy atom. The van der Waals surface area contributed by atoms with Crippen molar-refractivity contribution in [3.8, 4) is 11.1 Å². The molecule has 88 valence electrons. The van der Waals surface area contributed by atoms with E-state index < -0.39 is 0 Å². The van der Waals surface area contributed by atoms with E-state index in [4.69, 9.17) is 5.73 Å². The van der Waals surface area contributed by atoms with E-state index in [0.29, 0.717) is 13.1 Å². The molecule has 0 saturated carbocycles. The molecule has 0 radical (unpaired) electrons. The Labute approximate surface area is 101 Å². The normalized spacial score (nSPS) is 10.5. The Hall–Kier alpha value is -1.68. The van der Waals surface area contributed by atoms with Crippen molar-refractivity contribution in [1.82, 2.24) is 0 Å². The fraction of sp³-hybridized carbons (Fsp3) is 0.143. The SMILES string of the molecule is NCc1cccc(-c2ccccc2)c1C[NH2+][O-]. The highest BCUT2D eigenvalue weighted by molar-refractivity contribution is 5.68. The largest absolute Gasteiger partial charge is 0.636 e. The second-order valence-corrected chi connectivity index (χ2v) is 3.88. The van der Waals surface area contributed by atoms with Gasteiger partial charge in [-0.05, 0) is 16.7 Å². The van der Waals surface area contributed by atoms with Gasteiger partial charge < -0.3 is 16.4 Å². The molecule has 4 N–H and O–H groups in total. The molecule has 0 aliphatic heterocycles. The van der Waals surface area contributed by atoms with E-state index in [1.165, 1.54) is 0 Å². The standard InChI is InChI=1S/C14H16N2O/c15-9-12-7-4-8-13(14(12)10-16-17)11-5-2-1-3-6-11/h1-8H,9-10,15-16H2. The van der Waals surface area contributed by atoms with Gasteiger partial charge in [0.2, 0.25) is 0 Å². The molecule has 2 rings (SSSR count). The lowest BCUT2D eigenvalue weighted by Crippen LogP contribution is -2.75. The van der Waals surface area contributed by atoms with Gasteiger partial charge in [0.15, 0.2) is 0 Å². The maximum atomic E-state index is 10.8. The first-order chi connectivity index (χ1) is 8.36. The van der Waals surface area contributed by atoms with Gasteiger partial charge in [-0.15, -0.1) is 0 Å². The van der Waals surface area contributed by atoms with E-state index in [1.54, 1.807) is 0 Å². The summed E-state index contributed by atoms with van der Waals surface area (Å²) in [5.74, 6) is 0. The molecular weight excluding hydrogens is 212 g/mol. The minimum atomic E-state index is 0.414. The summed E-state index contributed by atoms with van der Waals surface area (Å²) in [6.07, 6.45) is 0. The highest BCUT2D eigenvalue weighted by Crippen LogP contribution is 2.25. The summed E-state index contributed by atoms with van der Waals surface area (Å²) in [5.41, 5.74) is 10.9. The lowest BCUT2D eigenvalue weighted by molar-refractivity contribution is -0.605. The van der Waals surface area contributed by atoms with E-state index in [-0.39, 0.29) is 0 Å². The number of hydrogen-bond donors (Lipinski definition) is 2. The van der Waals surface area contributed by atoms with Crippen LogP contribution in [0, 0.1) is 5.21 Å². The number of hydrogen-bond acceptors (Lipinski definition) is 2. The van der Waals surface area contributed by atoms with Crippen LogP contribution < -0.4 is 11.2 Å². The fourth-order valence-corrected chi connectivity index (χ4v) is 2.04. The van der Waals surface area contributed by atoms with Crippen LogP contribution in [0.4, 0.5) is 0 Å². The Kier molecular flexibility index (Phi) is 3.88. The molecule has 0 bridgehead atoms. The lowest BCUT2D eigenvalue weighted by atomic mass is 9.95. The van der Waals surface area contributed by atoms with Crippen LogP contribution in [-0.4, -0.2) is 0 Å². The summed E-state index contributed by atoms with van der Waals surface area (Å²) in [6.45, 7) is 0.876. The minimum absolute atomic E-state index is 0.414. The molecule has 0 atom stereocenters. The number of benzene rings is 2. The first-order valence-electron chi connectivity index (χ1n) is 5.66. The highest BCUT2D eigenvalue weighted by atomic mass is 16.5. The van der Waals surface area contributed by atoms with Crippen molar-refractivity contribution in [1.29, 1.82) is 0 Å². The van der Waals surface area contributed by atoms with Gasteiger partial charge in [0, 0.05) is 12.1 Å². The average Bonchev–Trinajstić information content (AvgIpc) is 2.40. The van der Waals surface area contributed by atoms with Crippen molar-refractivity contribution in [3.63, 3.8) is 0 Å². The summed E-state index contributed by atoms with van der Waals surface area (Å²) in [4.78, 5) is 0. The lowest BCUT2D eigenvalue weighted by Gasteiger charge is -2.14. The summed E-state index contributed by atoms with van der Waals surface area (Å²) >= 11 is 0. The molecule has 0 unspecified atom stereocenters. The van der Waals surface area contributed by atoms with Crippen LogP contribution in [0.2, 0.25) is 0 Å². The van der Waals surface area contributed by atoms with Crippen LogP contribution in [0.1, 0.15) is 11.1 Å². The third kappa shape index (κ3) is 2.53. The predicted octanol–water partition coefficient (Wildman–Crippen LogP) is 1.37. The molecule has 0 saturated heterocycles. The van der Waals surface area contributed by atoms with E-state index in [9.17, 15) is 5.21 Å². The molecule has 0 aliphatic rings. The molecule has 3 nitrogen and oxygen atoms in total. The van der Waals surface area contributed by atoms with Gasteiger partial charge in [0.05, 0.1) is 0 Å². The van der Waals surface area contributed by atoms with Crippen LogP contribution in [0.3, 0.4) is 0 Å². The number of hydroxylamine groups is 1. The van der Waals surface area contributed by atoms with Gasteiger partial charge in [-0.3, -0.25) is 0 Å². The second kappa shape index (κ2) is 5.59. The summed E-state index contributed by atoms with van der Waals surface area (Å²) in [5, 5.41) is 10.8. The topological polar surface area (TPSA) is 65.7 Å². The van der Waals surface area contributed by atoms with Crippen LogP contribution >= 0.6 is 0 Å². The molecule has 17 heavy (non-hydrogen) atoms. The maximum Gasteiger partial charge on any atom is 0.102 e. The molecule has 0 aromatic heterocycles. The highest BCUT2D eigenvalue weighted by Gasteiger charge is 2.09. The second-order valence-electron chi connectivity index (χ2n) is 3.88. The number of rotatable bonds is 4. The molecule has 2 aromatic rings. The Morgan fingerprint density at radius 2 is 1.76 bits per heavy atom. The first kappa shape index (κ1) is 11.8. The molecule has 2 aromatic carbocycles. The summed E-state index contributed by atoms with van der Waals surface area (Å²) in [6, 6.07) is 16.1. The smallest absolute Gasteiger partial charge is 0.102 e. The zero-order valence-corrected chi connectivity index (χ0v) is 9.60. The van der Waals surface area contributed by atoms with Gasteiger partial charge in [-0.1, -0.05) is 48.5 Å². The third-order valence-corrected chi connectivity index (χ3v) is 2.87. The Bertz CT molecular complexity index is 483. The van der Waals surface area contributed by atoms with E-state index in [1.807, 2.05) is 48.5 Å². The third-order valence-electron chi connectivity index (χ3n) is 2.87. The van der Waals surface area contributed by atoms with E-state index >= 15 is 0 Å². The summed E-state index contributed by atoms with van der Waals surface area (Å²) < 4.78 is 0. The Morgan fingerprint density at radius 1 is 1.00 bits per heavy atom. The number of nitrogens with two attached hydrogens (primary N) is 2. The molecule has 0 aliphatic carbocycles. The van der Waals surface area contributed by atoms with Gasteiger partial charge in [-0.25, -0.2) is 0 Å². The Balaban J connectivity index is 2.53. The fourth-order valence-electron chi connectivity index (χ4n) is 2.04. The van der Waals surface area contributed by atoms with Gasteiger partial charge in [0.25, 0.3) is 0 Å². The van der Waals surface area contributed by atoms with Crippen molar-refractivity contribution in [2.24, 2.45) is 5.73 Å². The zero-order valence-electron chi connectivity index (χ0n) is 9.60. The number of quaternary nitrogens is 1. The monoisotopic (exact) mass is 228 g/mol. The molecule has 3 heteroatoms.